The number of hydrogen-bond donors (Lipinski definition) is 2. The number of halogens is 1. The number of nitrogens with zero attached hydrogens (tertiary/aromatic N) is 2. The zero-order valence-corrected chi connectivity index (χ0v) is 11.3. The molecule has 0 radical (unpaired) electrons. The highest BCUT2D eigenvalue weighted by Crippen LogP contribution is 2.14. The van der Waals surface area contributed by atoms with Gasteiger partial charge in [0, 0.05) is 24.8 Å². The number of carbonyl (C=O) groups excluding carboxylic acids is 1. The molecule has 0 aliphatic carbocycles. The summed E-state index contributed by atoms with van der Waals surface area (Å²) in [5, 5.41) is 10.2. The summed E-state index contributed by atoms with van der Waals surface area (Å²) < 4.78 is 1.72. The molecule has 0 saturated carbocycles. The Morgan fingerprint density at radius 2 is 2.00 bits per heavy atom. The van der Waals surface area contributed by atoms with Crippen LogP contribution in [0.25, 0.3) is 0 Å². The van der Waals surface area contributed by atoms with E-state index in [2.05, 4.69) is 15.7 Å². The summed E-state index contributed by atoms with van der Waals surface area (Å²) in [5.41, 5.74) is 1.83. The van der Waals surface area contributed by atoms with E-state index in [1.165, 1.54) is 0 Å². The van der Waals surface area contributed by atoms with Gasteiger partial charge in [-0.25, -0.2) is 4.79 Å². The second-order valence-electron chi connectivity index (χ2n) is 4.07. The molecule has 0 bridgehead atoms. The molecule has 0 aliphatic heterocycles. The third-order valence-electron chi connectivity index (χ3n) is 2.75. The standard InChI is InChI=1S/C13H15ClN4O/c1-18-11(6-7-17-18)9-16-13(19)15-8-10-4-2-3-5-12(10)14/h2-7H,8-9H2,1H3,(H2,15,16,19). The molecule has 1 heterocycles. The molecule has 0 fully saturated rings. The lowest BCUT2D eigenvalue weighted by Crippen LogP contribution is -2.35. The third kappa shape index (κ3) is 3.72. The van der Waals surface area contributed by atoms with E-state index in [9.17, 15) is 4.79 Å². The Kier molecular flexibility index (Phi) is 4.41. The predicted octanol–water partition coefficient (Wildman–Crippen LogP) is 2.07. The molecular formula is C13H15ClN4O. The van der Waals surface area contributed by atoms with Gasteiger partial charge in [-0.05, 0) is 17.7 Å². The third-order valence-corrected chi connectivity index (χ3v) is 3.12. The fraction of sp³-hybridized carbons (Fsp3) is 0.231. The van der Waals surface area contributed by atoms with E-state index in [4.69, 9.17) is 11.6 Å². The van der Waals surface area contributed by atoms with Crippen LogP contribution in [0.3, 0.4) is 0 Å². The second-order valence-corrected chi connectivity index (χ2v) is 4.48. The molecule has 0 atom stereocenters. The van der Waals surface area contributed by atoms with Crippen LogP contribution in [0.1, 0.15) is 11.3 Å². The first kappa shape index (κ1) is 13.4. The Hall–Kier alpha value is -2.01. The van der Waals surface area contributed by atoms with Crippen molar-refractivity contribution < 1.29 is 4.79 Å². The highest BCUT2D eigenvalue weighted by Gasteiger charge is 2.04. The van der Waals surface area contributed by atoms with Gasteiger partial charge in [0.2, 0.25) is 0 Å². The number of carbonyl (C=O) groups is 1. The van der Waals surface area contributed by atoms with Crippen LogP contribution in [0, 0.1) is 0 Å². The maximum atomic E-state index is 11.6. The summed E-state index contributed by atoms with van der Waals surface area (Å²) in [6.07, 6.45) is 1.69. The minimum absolute atomic E-state index is 0.235. The minimum Gasteiger partial charge on any atom is -0.334 e. The highest BCUT2D eigenvalue weighted by atomic mass is 35.5. The average molecular weight is 279 g/mol. The van der Waals surface area contributed by atoms with Crippen LogP contribution in [0.2, 0.25) is 5.02 Å². The zero-order valence-electron chi connectivity index (χ0n) is 10.6. The first-order valence-electron chi connectivity index (χ1n) is 5.89. The number of rotatable bonds is 4. The maximum Gasteiger partial charge on any atom is 0.315 e. The molecule has 0 spiro atoms. The van der Waals surface area contributed by atoms with Crippen molar-refractivity contribution in [3.05, 3.63) is 52.8 Å². The van der Waals surface area contributed by atoms with Gasteiger partial charge in [0.25, 0.3) is 0 Å². The first-order valence-corrected chi connectivity index (χ1v) is 6.26. The van der Waals surface area contributed by atoms with Crippen LogP contribution in [0.15, 0.2) is 36.5 Å². The van der Waals surface area contributed by atoms with Crippen LogP contribution >= 0.6 is 11.6 Å². The van der Waals surface area contributed by atoms with Gasteiger partial charge in [0.05, 0.1) is 12.2 Å². The maximum absolute atomic E-state index is 11.6. The summed E-state index contributed by atoms with van der Waals surface area (Å²) in [4.78, 5) is 11.6. The molecule has 2 aromatic rings. The smallest absolute Gasteiger partial charge is 0.315 e. The summed E-state index contributed by atoms with van der Waals surface area (Å²) in [6, 6.07) is 9.04. The normalized spacial score (nSPS) is 10.2. The molecule has 0 unspecified atom stereocenters. The molecule has 1 aromatic heterocycles. The van der Waals surface area contributed by atoms with Gasteiger partial charge in [-0.3, -0.25) is 4.68 Å². The van der Waals surface area contributed by atoms with Crippen molar-refractivity contribution >= 4 is 17.6 Å². The van der Waals surface area contributed by atoms with E-state index >= 15 is 0 Å². The Morgan fingerprint density at radius 3 is 2.68 bits per heavy atom. The van der Waals surface area contributed by atoms with Crippen molar-refractivity contribution in [2.45, 2.75) is 13.1 Å². The lowest BCUT2D eigenvalue weighted by molar-refractivity contribution is 0.240. The number of aromatic nitrogens is 2. The van der Waals surface area contributed by atoms with Crippen LogP contribution in [0.5, 0.6) is 0 Å². The summed E-state index contributed by atoms with van der Waals surface area (Å²) in [7, 11) is 1.83. The number of aryl methyl sites for hydroxylation is 1. The van der Waals surface area contributed by atoms with E-state index in [0.717, 1.165) is 11.3 Å². The summed E-state index contributed by atoms with van der Waals surface area (Å²) in [5.74, 6) is 0. The van der Waals surface area contributed by atoms with Crippen LogP contribution in [-0.2, 0) is 20.1 Å². The molecule has 2 amide bonds. The zero-order chi connectivity index (χ0) is 13.7. The monoisotopic (exact) mass is 278 g/mol. The topological polar surface area (TPSA) is 59.0 Å². The lowest BCUT2D eigenvalue weighted by atomic mass is 10.2. The number of hydrogen-bond acceptors (Lipinski definition) is 2. The number of amides is 2. The van der Waals surface area contributed by atoms with Gasteiger partial charge < -0.3 is 10.6 Å². The Labute approximate surface area is 116 Å². The van der Waals surface area contributed by atoms with Gasteiger partial charge in [0.15, 0.2) is 0 Å². The molecule has 5 nitrogen and oxygen atoms in total. The molecule has 6 heteroatoms. The lowest BCUT2D eigenvalue weighted by Gasteiger charge is -2.08. The van der Waals surface area contributed by atoms with E-state index in [0.29, 0.717) is 18.1 Å². The molecule has 100 valence electrons. The Morgan fingerprint density at radius 1 is 1.26 bits per heavy atom. The van der Waals surface area contributed by atoms with Gasteiger partial charge in [0.1, 0.15) is 0 Å². The van der Waals surface area contributed by atoms with Gasteiger partial charge in [-0.1, -0.05) is 29.8 Å². The fourth-order valence-corrected chi connectivity index (χ4v) is 1.83. The molecule has 19 heavy (non-hydrogen) atoms. The van der Waals surface area contributed by atoms with Crippen molar-refractivity contribution in [3.8, 4) is 0 Å². The Balaban J connectivity index is 1.79. The number of nitrogens with one attached hydrogen (secondary N) is 2. The predicted molar refractivity (Wildman–Crippen MR) is 73.7 cm³/mol. The van der Waals surface area contributed by atoms with Crippen LogP contribution in [0.4, 0.5) is 4.79 Å². The molecular weight excluding hydrogens is 264 g/mol. The fourth-order valence-electron chi connectivity index (χ4n) is 1.63. The minimum atomic E-state index is -0.235. The summed E-state index contributed by atoms with van der Waals surface area (Å²) >= 11 is 6.00. The van der Waals surface area contributed by atoms with E-state index in [1.807, 2.05) is 31.3 Å². The van der Waals surface area contributed by atoms with Gasteiger partial charge in [-0.2, -0.15) is 5.10 Å². The van der Waals surface area contributed by atoms with Gasteiger partial charge >= 0.3 is 6.03 Å². The summed E-state index contributed by atoms with van der Waals surface area (Å²) in [6.45, 7) is 0.835. The molecule has 2 N–H and O–H groups in total. The average Bonchev–Trinajstić information content (AvgIpc) is 2.81. The van der Waals surface area contributed by atoms with Crippen molar-refractivity contribution in [1.29, 1.82) is 0 Å². The van der Waals surface area contributed by atoms with Crippen molar-refractivity contribution in [1.82, 2.24) is 20.4 Å². The van der Waals surface area contributed by atoms with E-state index in [1.54, 1.807) is 16.9 Å². The Bertz CT molecular complexity index is 567. The molecule has 1 aromatic carbocycles. The van der Waals surface area contributed by atoms with Crippen LogP contribution in [-0.4, -0.2) is 15.8 Å². The van der Waals surface area contributed by atoms with Crippen molar-refractivity contribution in [3.63, 3.8) is 0 Å². The van der Waals surface area contributed by atoms with Crippen molar-refractivity contribution in [2.24, 2.45) is 7.05 Å². The number of urea groups is 1. The van der Waals surface area contributed by atoms with E-state index in [-0.39, 0.29) is 6.03 Å². The quantitative estimate of drug-likeness (QED) is 0.899. The van der Waals surface area contributed by atoms with Crippen LogP contribution < -0.4 is 10.6 Å². The first-order chi connectivity index (χ1) is 9.16. The molecule has 0 saturated heterocycles. The van der Waals surface area contributed by atoms with Crippen molar-refractivity contribution in [2.75, 3.05) is 0 Å². The van der Waals surface area contributed by atoms with Gasteiger partial charge in [-0.15, -0.1) is 0 Å². The van der Waals surface area contributed by atoms with E-state index < -0.39 is 0 Å². The highest BCUT2D eigenvalue weighted by molar-refractivity contribution is 6.31. The largest absolute Gasteiger partial charge is 0.334 e. The molecule has 2 rings (SSSR count). The second kappa shape index (κ2) is 6.24. The SMILES string of the molecule is Cn1nccc1CNC(=O)NCc1ccccc1Cl. The molecule has 0 aliphatic rings. The number of benzene rings is 1.